The molecule has 1 aromatic heterocycles. The maximum atomic E-state index is 5.85. The summed E-state index contributed by atoms with van der Waals surface area (Å²) in [6, 6.07) is 4.39. The zero-order valence-electron chi connectivity index (χ0n) is 18.4. The van der Waals surface area contributed by atoms with Gasteiger partial charge in [0.15, 0.2) is 11.6 Å². The summed E-state index contributed by atoms with van der Waals surface area (Å²) >= 11 is 0. The molecule has 32 heavy (non-hydrogen) atoms. The van der Waals surface area contributed by atoms with Gasteiger partial charge in [-0.2, -0.15) is 9.97 Å². The molecule has 0 spiro atoms. The van der Waals surface area contributed by atoms with Crippen LogP contribution in [0.25, 0.3) is 11.5 Å². The van der Waals surface area contributed by atoms with Gasteiger partial charge >= 0.3 is 0 Å². The molecule has 0 unspecified atom stereocenters. The van der Waals surface area contributed by atoms with E-state index in [-0.39, 0.29) is 0 Å². The summed E-state index contributed by atoms with van der Waals surface area (Å²) in [6.45, 7) is 5.54. The number of imidazole rings is 1. The molecule has 3 N–H and O–H groups in total. The lowest BCUT2D eigenvalue weighted by atomic mass is 9.95. The molecule has 0 bridgehead atoms. The minimum atomic E-state index is 0.417. The molecule has 4 aliphatic rings. The Kier molecular flexibility index (Phi) is 6.20. The van der Waals surface area contributed by atoms with Gasteiger partial charge in [0.05, 0.1) is 19.8 Å². The summed E-state index contributed by atoms with van der Waals surface area (Å²) in [6.07, 6.45) is 7.66. The standard InChI is InChI=1S/C22H30N8O2/c1-2-32-21-16(8-9-17(27-21)30-10-12-31-13-11-30)26-22-28-19-18(23-14-24-19)20(29-22)25-15-6-4-3-5-7-15/h8-9,14-15H,2-7,10-13H2,1H3,(H3,23,24,25,26,28,29). The Morgan fingerprint density at radius 2 is 1.97 bits per heavy atom. The highest BCUT2D eigenvalue weighted by atomic mass is 16.5. The van der Waals surface area contributed by atoms with Gasteiger partial charge in [0, 0.05) is 19.1 Å². The van der Waals surface area contributed by atoms with Crippen molar-refractivity contribution >= 4 is 23.3 Å². The van der Waals surface area contributed by atoms with Crippen LogP contribution in [0.1, 0.15) is 39.0 Å². The van der Waals surface area contributed by atoms with Crippen molar-refractivity contribution in [2.45, 2.75) is 45.1 Å². The fraction of sp³-hybridized carbons (Fsp3) is 0.545. The minimum absolute atomic E-state index is 0.417. The molecule has 2 fully saturated rings. The van der Waals surface area contributed by atoms with E-state index in [1.807, 2.05) is 19.1 Å². The van der Waals surface area contributed by atoms with Crippen LogP contribution < -0.4 is 20.3 Å². The number of anilines is 4. The van der Waals surface area contributed by atoms with E-state index >= 15 is 0 Å². The molecule has 4 heterocycles. The van der Waals surface area contributed by atoms with Gasteiger partial charge in [0.1, 0.15) is 23.5 Å². The summed E-state index contributed by atoms with van der Waals surface area (Å²) in [5.74, 6) is 3.44. The Labute approximate surface area is 187 Å². The lowest BCUT2D eigenvalue weighted by molar-refractivity contribution is 0.122. The lowest BCUT2D eigenvalue weighted by Crippen LogP contribution is -2.36. The summed E-state index contributed by atoms with van der Waals surface area (Å²) in [7, 11) is 0. The van der Waals surface area contributed by atoms with Crippen molar-refractivity contribution in [2.24, 2.45) is 0 Å². The third-order valence-corrected chi connectivity index (χ3v) is 5.94. The third kappa shape index (κ3) is 4.55. The van der Waals surface area contributed by atoms with Crippen molar-refractivity contribution in [3.05, 3.63) is 18.5 Å². The number of nitrogens with zero attached hydrogens (tertiary/aromatic N) is 5. The van der Waals surface area contributed by atoms with Crippen LogP contribution in [0, 0.1) is 0 Å². The van der Waals surface area contributed by atoms with Crippen molar-refractivity contribution in [1.29, 1.82) is 0 Å². The molecular weight excluding hydrogens is 408 g/mol. The first kappa shape index (κ1) is 20.7. The predicted molar refractivity (Wildman–Crippen MR) is 123 cm³/mol. The highest BCUT2D eigenvalue weighted by Gasteiger charge is 2.21. The van der Waals surface area contributed by atoms with Crippen molar-refractivity contribution in [3.63, 3.8) is 0 Å². The van der Waals surface area contributed by atoms with Crippen LogP contribution in [-0.4, -0.2) is 63.9 Å². The fourth-order valence-electron chi connectivity index (χ4n) is 4.31. The maximum absolute atomic E-state index is 5.85. The van der Waals surface area contributed by atoms with Crippen LogP contribution in [0.3, 0.4) is 0 Å². The first-order chi connectivity index (χ1) is 15.8. The van der Waals surface area contributed by atoms with E-state index in [1.54, 1.807) is 6.33 Å². The van der Waals surface area contributed by atoms with Gasteiger partial charge in [-0.3, -0.25) is 0 Å². The number of rotatable bonds is 7. The van der Waals surface area contributed by atoms with Crippen LogP contribution in [0.4, 0.5) is 23.3 Å². The summed E-state index contributed by atoms with van der Waals surface area (Å²) in [5, 5.41) is 6.93. The minimum Gasteiger partial charge on any atom is -0.476 e. The van der Waals surface area contributed by atoms with Gasteiger partial charge in [-0.05, 0) is 31.9 Å². The predicted octanol–water partition coefficient (Wildman–Crippen LogP) is 3.42. The van der Waals surface area contributed by atoms with Gasteiger partial charge in [-0.1, -0.05) is 19.3 Å². The van der Waals surface area contributed by atoms with E-state index in [9.17, 15) is 0 Å². The molecule has 170 valence electrons. The molecule has 0 atom stereocenters. The molecule has 1 aliphatic carbocycles. The molecular formula is C22H30N8O2. The van der Waals surface area contributed by atoms with Gasteiger partial charge in [0.25, 0.3) is 0 Å². The van der Waals surface area contributed by atoms with Gasteiger partial charge in [-0.15, -0.1) is 0 Å². The quantitative estimate of drug-likeness (QED) is 0.510. The maximum Gasteiger partial charge on any atom is 0.239 e. The van der Waals surface area contributed by atoms with E-state index in [2.05, 4.69) is 30.5 Å². The third-order valence-electron chi connectivity index (χ3n) is 5.94. The van der Waals surface area contributed by atoms with Crippen molar-refractivity contribution in [3.8, 4) is 17.4 Å². The Hall–Kier alpha value is -3.14. The zero-order chi connectivity index (χ0) is 21.8. The molecule has 3 aliphatic heterocycles. The monoisotopic (exact) mass is 438 g/mol. The SMILES string of the molecule is CCOc1nc(N2CCOCC2)ccc1Nc1nc(NC2CCCCC2)c2ncnc-2[nH]1. The Morgan fingerprint density at radius 1 is 1.12 bits per heavy atom. The number of hydrogen-bond donors (Lipinski definition) is 3. The molecule has 1 saturated heterocycles. The smallest absolute Gasteiger partial charge is 0.239 e. The van der Waals surface area contributed by atoms with Crippen LogP contribution in [-0.2, 0) is 4.74 Å². The molecule has 1 saturated carbocycles. The Bertz CT molecular complexity index is 997. The van der Waals surface area contributed by atoms with E-state index in [0.29, 0.717) is 43.5 Å². The fourth-order valence-corrected chi connectivity index (χ4v) is 4.31. The largest absolute Gasteiger partial charge is 0.476 e. The second-order valence-electron chi connectivity index (χ2n) is 8.16. The highest BCUT2D eigenvalue weighted by molar-refractivity contribution is 5.71. The average molecular weight is 439 g/mol. The van der Waals surface area contributed by atoms with Crippen molar-refractivity contribution in [1.82, 2.24) is 24.9 Å². The highest BCUT2D eigenvalue weighted by Crippen LogP contribution is 2.32. The van der Waals surface area contributed by atoms with Crippen LogP contribution >= 0.6 is 0 Å². The number of aromatic amines is 1. The molecule has 10 nitrogen and oxygen atoms in total. The zero-order valence-corrected chi connectivity index (χ0v) is 18.4. The van der Waals surface area contributed by atoms with Gasteiger partial charge < -0.3 is 30.0 Å². The second kappa shape index (κ2) is 9.56. The van der Waals surface area contributed by atoms with E-state index in [4.69, 9.17) is 19.4 Å². The van der Waals surface area contributed by atoms with E-state index < -0.39 is 0 Å². The average Bonchev–Trinajstić information content (AvgIpc) is 3.31. The van der Waals surface area contributed by atoms with Crippen LogP contribution in [0.15, 0.2) is 18.5 Å². The number of ether oxygens (including phenoxy) is 2. The van der Waals surface area contributed by atoms with Crippen molar-refractivity contribution in [2.75, 3.05) is 48.4 Å². The molecule has 5 rings (SSSR count). The molecule has 0 amide bonds. The number of H-pyrrole nitrogens is 1. The second-order valence-corrected chi connectivity index (χ2v) is 8.16. The first-order valence-corrected chi connectivity index (χ1v) is 11.5. The number of aromatic nitrogens is 5. The van der Waals surface area contributed by atoms with E-state index in [0.717, 1.165) is 48.9 Å². The number of morpholine rings is 1. The number of nitrogens with one attached hydrogen (secondary N) is 3. The molecule has 1 aromatic rings. The molecule has 10 heteroatoms. The number of hydrogen-bond acceptors (Lipinski definition) is 9. The summed E-state index contributed by atoms with van der Waals surface area (Å²) in [5.41, 5.74) is 1.50. The normalized spacial score (nSPS) is 17.5. The number of fused-ring (bicyclic) bond motifs is 1. The van der Waals surface area contributed by atoms with Crippen molar-refractivity contribution < 1.29 is 9.47 Å². The van der Waals surface area contributed by atoms with Crippen LogP contribution in [0.2, 0.25) is 0 Å². The lowest BCUT2D eigenvalue weighted by Gasteiger charge is -2.28. The topological polar surface area (TPSA) is 113 Å². The van der Waals surface area contributed by atoms with Gasteiger partial charge in [-0.25, -0.2) is 9.97 Å². The van der Waals surface area contributed by atoms with Crippen LogP contribution in [0.5, 0.6) is 5.88 Å². The molecule has 0 radical (unpaired) electrons. The first-order valence-electron chi connectivity index (χ1n) is 11.5. The summed E-state index contributed by atoms with van der Waals surface area (Å²) in [4.78, 5) is 23.7. The molecule has 0 aromatic carbocycles. The Balaban J connectivity index is 1.41. The Morgan fingerprint density at radius 3 is 2.78 bits per heavy atom. The van der Waals surface area contributed by atoms with Gasteiger partial charge in [0.2, 0.25) is 11.8 Å². The number of pyridine rings is 1. The van der Waals surface area contributed by atoms with E-state index in [1.165, 1.54) is 19.3 Å². The summed E-state index contributed by atoms with van der Waals surface area (Å²) < 4.78 is 11.3.